The Hall–Kier alpha value is -3.36. The standard InChI is InChI=1S/C25H28ClN3O5/c1-15-19(14-23(30)28-21(25(32)33)5-3-4-12-27)20-13-18(34-2)10-11-22(20)29(15)24(31)16-6-8-17(26)9-7-16/h6-11,13,21H,3-5,12,14,27H2,1-2H3,(H,28,30)(H,32,33)/t21-/m0/s1. The van der Waals surface area contributed by atoms with Crippen LogP contribution in [0, 0.1) is 6.92 Å². The number of amides is 1. The van der Waals surface area contributed by atoms with Crippen LogP contribution in [0.5, 0.6) is 5.75 Å². The van der Waals surface area contributed by atoms with E-state index in [9.17, 15) is 19.5 Å². The number of fused-ring (bicyclic) bond motifs is 1. The van der Waals surface area contributed by atoms with Crippen molar-refractivity contribution in [3.05, 3.63) is 64.3 Å². The number of unbranched alkanes of at least 4 members (excludes halogenated alkanes) is 1. The Bertz CT molecular complexity index is 1200. The molecular formula is C25H28ClN3O5. The zero-order valence-corrected chi connectivity index (χ0v) is 19.9. The molecule has 0 spiro atoms. The number of nitrogens with zero attached hydrogens (tertiary/aromatic N) is 1. The number of carboxylic acid groups (broad SMARTS) is 1. The molecule has 8 nitrogen and oxygen atoms in total. The molecule has 0 radical (unpaired) electrons. The summed E-state index contributed by atoms with van der Waals surface area (Å²) in [6, 6.07) is 10.9. The highest BCUT2D eigenvalue weighted by Crippen LogP contribution is 2.31. The Labute approximate surface area is 202 Å². The van der Waals surface area contributed by atoms with Gasteiger partial charge < -0.3 is 20.9 Å². The molecule has 0 saturated carbocycles. The Morgan fingerprint density at radius 3 is 2.47 bits per heavy atom. The van der Waals surface area contributed by atoms with E-state index in [1.54, 1.807) is 54.0 Å². The number of carbonyl (C=O) groups excluding carboxylic acids is 2. The molecule has 0 aliphatic rings. The van der Waals surface area contributed by atoms with Crippen LogP contribution in [-0.2, 0) is 16.0 Å². The van der Waals surface area contributed by atoms with Crippen molar-refractivity contribution >= 4 is 40.3 Å². The van der Waals surface area contributed by atoms with Gasteiger partial charge >= 0.3 is 5.97 Å². The second-order valence-corrected chi connectivity index (χ2v) is 8.45. The number of hydrogen-bond acceptors (Lipinski definition) is 5. The molecule has 1 atom stereocenters. The van der Waals surface area contributed by atoms with E-state index >= 15 is 0 Å². The number of nitrogens with two attached hydrogens (primary N) is 1. The lowest BCUT2D eigenvalue weighted by Gasteiger charge is -2.14. The van der Waals surface area contributed by atoms with Crippen LogP contribution in [0.1, 0.15) is 40.9 Å². The van der Waals surface area contributed by atoms with Gasteiger partial charge in [-0.3, -0.25) is 14.2 Å². The van der Waals surface area contributed by atoms with Gasteiger partial charge in [-0.25, -0.2) is 4.79 Å². The van der Waals surface area contributed by atoms with Crippen molar-refractivity contribution in [2.24, 2.45) is 5.73 Å². The highest BCUT2D eigenvalue weighted by atomic mass is 35.5. The second-order valence-electron chi connectivity index (χ2n) is 8.01. The van der Waals surface area contributed by atoms with E-state index in [4.69, 9.17) is 22.1 Å². The number of benzene rings is 2. The lowest BCUT2D eigenvalue weighted by atomic mass is 10.1. The number of carboxylic acids is 1. The maximum absolute atomic E-state index is 13.4. The maximum Gasteiger partial charge on any atom is 0.326 e. The summed E-state index contributed by atoms with van der Waals surface area (Å²) < 4.78 is 6.90. The van der Waals surface area contributed by atoms with Crippen molar-refractivity contribution < 1.29 is 24.2 Å². The number of methoxy groups -OCH3 is 1. The number of aromatic nitrogens is 1. The fraction of sp³-hybridized carbons (Fsp3) is 0.320. The number of aliphatic carboxylic acids is 1. The van der Waals surface area contributed by atoms with Gasteiger partial charge in [0.15, 0.2) is 0 Å². The van der Waals surface area contributed by atoms with Crippen molar-refractivity contribution in [1.29, 1.82) is 0 Å². The molecule has 1 aromatic heterocycles. The van der Waals surface area contributed by atoms with Crippen LogP contribution in [0.4, 0.5) is 0 Å². The first-order chi connectivity index (χ1) is 16.3. The second kappa shape index (κ2) is 11.2. The van der Waals surface area contributed by atoms with Crippen molar-refractivity contribution in [2.75, 3.05) is 13.7 Å². The molecule has 180 valence electrons. The van der Waals surface area contributed by atoms with Gasteiger partial charge in [0.25, 0.3) is 5.91 Å². The minimum Gasteiger partial charge on any atom is -0.497 e. The van der Waals surface area contributed by atoms with Crippen molar-refractivity contribution in [3.8, 4) is 5.75 Å². The summed E-state index contributed by atoms with van der Waals surface area (Å²) in [7, 11) is 1.54. The van der Waals surface area contributed by atoms with Gasteiger partial charge in [-0.1, -0.05) is 11.6 Å². The first kappa shape index (κ1) is 25.3. The molecular weight excluding hydrogens is 458 g/mol. The van der Waals surface area contributed by atoms with Crippen molar-refractivity contribution in [1.82, 2.24) is 9.88 Å². The molecule has 2 aromatic carbocycles. The Morgan fingerprint density at radius 2 is 1.85 bits per heavy atom. The van der Waals surface area contributed by atoms with Gasteiger partial charge in [0.1, 0.15) is 11.8 Å². The summed E-state index contributed by atoms with van der Waals surface area (Å²) in [4.78, 5) is 37.8. The van der Waals surface area contributed by atoms with E-state index in [-0.39, 0.29) is 12.3 Å². The Morgan fingerprint density at radius 1 is 1.15 bits per heavy atom. The topological polar surface area (TPSA) is 124 Å². The molecule has 3 rings (SSSR count). The molecule has 0 unspecified atom stereocenters. The first-order valence-electron chi connectivity index (χ1n) is 11.0. The lowest BCUT2D eigenvalue weighted by molar-refractivity contribution is -0.142. The molecule has 0 fully saturated rings. The average molecular weight is 486 g/mol. The van der Waals surface area contributed by atoms with E-state index in [0.29, 0.717) is 64.3 Å². The normalized spacial score (nSPS) is 11.9. The van der Waals surface area contributed by atoms with Crippen molar-refractivity contribution in [3.63, 3.8) is 0 Å². The summed E-state index contributed by atoms with van der Waals surface area (Å²) in [6.45, 7) is 2.22. The lowest BCUT2D eigenvalue weighted by Crippen LogP contribution is -2.41. The fourth-order valence-electron chi connectivity index (χ4n) is 3.95. The molecule has 34 heavy (non-hydrogen) atoms. The molecule has 0 aliphatic carbocycles. The molecule has 0 aliphatic heterocycles. The van der Waals surface area contributed by atoms with Crippen LogP contribution in [-0.4, -0.2) is 47.2 Å². The number of halogens is 1. The number of nitrogens with one attached hydrogen (secondary N) is 1. The van der Waals surface area contributed by atoms with Crippen LogP contribution in [0.25, 0.3) is 10.9 Å². The smallest absolute Gasteiger partial charge is 0.326 e. The fourth-order valence-corrected chi connectivity index (χ4v) is 4.08. The summed E-state index contributed by atoms with van der Waals surface area (Å²) in [5.41, 5.74) is 7.77. The van der Waals surface area contributed by atoms with Crippen LogP contribution in [0.15, 0.2) is 42.5 Å². The molecule has 1 amide bonds. The number of hydrogen-bond donors (Lipinski definition) is 3. The van der Waals surface area contributed by atoms with E-state index in [1.165, 1.54) is 7.11 Å². The molecule has 0 saturated heterocycles. The molecule has 4 N–H and O–H groups in total. The molecule has 1 heterocycles. The predicted molar refractivity (Wildman–Crippen MR) is 131 cm³/mol. The third-order valence-electron chi connectivity index (χ3n) is 5.75. The summed E-state index contributed by atoms with van der Waals surface area (Å²) in [6.07, 6.45) is 1.48. The Kier molecular flexibility index (Phi) is 8.31. The van der Waals surface area contributed by atoms with Crippen molar-refractivity contribution in [2.45, 2.75) is 38.6 Å². The van der Waals surface area contributed by atoms with E-state index < -0.39 is 17.9 Å². The van der Waals surface area contributed by atoms with Crippen LogP contribution >= 0.6 is 11.6 Å². The van der Waals surface area contributed by atoms with Crippen LogP contribution in [0.3, 0.4) is 0 Å². The quantitative estimate of drug-likeness (QED) is 0.377. The van der Waals surface area contributed by atoms with E-state index in [0.717, 1.165) is 0 Å². The van der Waals surface area contributed by atoms with Gasteiger partial charge in [-0.2, -0.15) is 0 Å². The molecule has 9 heteroatoms. The first-order valence-corrected chi connectivity index (χ1v) is 11.3. The van der Waals surface area contributed by atoms with Gasteiger partial charge in [0.05, 0.1) is 19.0 Å². The molecule has 3 aromatic rings. The van der Waals surface area contributed by atoms with Crippen LogP contribution < -0.4 is 15.8 Å². The highest BCUT2D eigenvalue weighted by molar-refractivity contribution is 6.30. The summed E-state index contributed by atoms with van der Waals surface area (Å²) in [5, 5.41) is 13.3. The van der Waals surface area contributed by atoms with Gasteiger partial charge in [-0.05, 0) is 80.8 Å². The van der Waals surface area contributed by atoms with Crippen LogP contribution in [0.2, 0.25) is 5.02 Å². The highest BCUT2D eigenvalue weighted by Gasteiger charge is 2.24. The van der Waals surface area contributed by atoms with Gasteiger partial charge in [0, 0.05) is 21.7 Å². The Balaban J connectivity index is 1.97. The monoisotopic (exact) mass is 485 g/mol. The minimum absolute atomic E-state index is 0.0862. The summed E-state index contributed by atoms with van der Waals surface area (Å²) >= 11 is 5.96. The number of rotatable bonds is 10. The predicted octanol–water partition coefficient (Wildman–Crippen LogP) is 3.54. The largest absolute Gasteiger partial charge is 0.497 e. The third-order valence-corrected chi connectivity index (χ3v) is 6.01. The third kappa shape index (κ3) is 5.58. The maximum atomic E-state index is 13.4. The average Bonchev–Trinajstić information content (AvgIpc) is 3.08. The zero-order chi connectivity index (χ0) is 24.8. The van der Waals surface area contributed by atoms with E-state index in [1.807, 2.05) is 0 Å². The van der Waals surface area contributed by atoms with Gasteiger partial charge in [0.2, 0.25) is 5.91 Å². The number of carbonyl (C=O) groups is 3. The number of ether oxygens (including phenoxy) is 1. The zero-order valence-electron chi connectivity index (χ0n) is 19.1. The minimum atomic E-state index is -1.09. The molecule has 0 bridgehead atoms. The SMILES string of the molecule is COc1ccc2c(c1)c(CC(=O)N[C@@H](CCCCN)C(=O)O)c(C)n2C(=O)c1ccc(Cl)cc1. The summed E-state index contributed by atoms with van der Waals surface area (Å²) in [5.74, 6) is -1.22. The van der Waals surface area contributed by atoms with Gasteiger partial charge in [-0.15, -0.1) is 0 Å². The van der Waals surface area contributed by atoms with E-state index in [2.05, 4.69) is 5.32 Å².